The molecule has 0 spiro atoms. The second-order valence-electron chi connectivity index (χ2n) is 4.97. The number of carbonyl (C=O) groups is 1. The van der Waals surface area contributed by atoms with E-state index >= 15 is 0 Å². The number of hydrogen-bond acceptors (Lipinski definition) is 1. The summed E-state index contributed by atoms with van der Waals surface area (Å²) >= 11 is 0. The van der Waals surface area contributed by atoms with Gasteiger partial charge < -0.3 is 5.73 Å². The van der Waals surface area contributed by atoms with Gasteiger partial charge in [-0.15, -0.1) is 0 Å². The third-order valence-electron chi connectivity index (χ3n) is 3.77. The minimum Gasteiger partial charge on any atom is -0.366 e. The number of nitrogens with two attached hydrogens (primary N) is 1. The molecule has 0 aliphatic heterocycles. The molecule has 0 aromatic heterocycles. The summed E-state index contributed by atoms with van der Waals surface area (Å²) in [6.07, 6.45) is 1.63. The average Bonchev–Trinajstić information content (AvgIpc) is 2.82. The molecule has 0 radical (unpaired) electrons. The van der Waals surface area contributed by atoms with E-state index in [0.29, 0.717) is 11.1 Å². The smallest absolute Gasteiger partial charge is 0.248 e. The van der Waals surface area contributed by atoms with Crippen LogP contribution in [0.2, 0.25) is 0 Å². The van der Waals surface area contributed by atoms with E-state index in [-0.39, 0.29) is 11.7 Å². The first kappa shape index (κ1) is 11.9. The van der Waals surface area contributed by atoms with Gasteiger partial charge in [0.2, 0.25) is 5.91 Å². The maximum atomic E-state index is 14.0. The Hall–Kier alpha value is -2.16. The van der Waals surface area contributed by atoms with Crippen molar-refractivity contribution >= 4 is 5.91 Å². The highest BCUT2D eigenvalue weighted by Crippen LogP contribution is 2.35. The molecular formula is C16H14FNO. The molecule has 0 unspecified atom stereocenters. The van der Waals surface area contributed by atoms with Crippen LogP contribution in [-0.2, 0) is 12.8 Å². The lowest BCUT2D eigenvalue weighted by Gasteiger charge is -2.11. The first-order valence-corrected chi connectivity index (χ1v) is 6.31. The van der Waals surface area contributed by atoms with Gasteiger partial charge >= 0.3 is 0 Å². The quantitative estimate of drug-likeness (QED) is 0.881. The van der Waals surface area contributed by atoms with Crippen LogP contribution in [0.3, 0.4) is 0 Å². The molecule has 1 amide bonds. The van der Waals surface area contributed by atoms with E-state index in [1.807, 2.05) is 12.1 Å². The van der Waals surface area contributed by atoms with Crippen LogP contribution in [0.4, 0.5) is 4.39 Å². The Morgan fingerprint density at radius 1 is 1.11 bits per heavy atom. The van der Waals surface area contributed by atoms with Crippen molar-refractivity contribution in [2.75, 3.05) is 0 Å². The monoisotopic (exact) mass is 255 g/mol. The topological polar surface area (TPSA) is 43.1 Å². The van der Waals surface area contributed by atoms with Crippen LogP contribution in [0.25, 0.3) is 0 Å². The molecule has 19 heavy (non-hydrogen) atoms. The summed E-state index contributed by atoms with van der Waals surface area (Å²) in [5.74, 6) is -0.684. The summed E-state index contributed by atoms with van der Waals surface area (Å²) in [5, 5.41) is 0. The number of rotatable bonds is 2. The zero-order chi connectivity index (χ0) is 13.4. The first-order chi connectivity index (χ1) is 9.15. The summed E-state index contributed by atoms with van der Waals surface area (Å²) in [7, 11) is 0. The Morgan fingerprint density at radius 3 is 2.32 bits per heavy atom. The molecule has 2 nitrogen and oxygen atoms in total. The molecule has 0 heterocycles. The zero-order valence-corrected chi connectivity index (χ0v) is 10.4. The summed E-state index contributed by atoms with van der Waals surface area (Å²) < 4.78 is 14.0. The lowest BCUT2D eigenvalue weighted by atomic mass is 9.94. The van der Waals surface area contributed by atoms with Crippen molar-refractivity contribution in [2.24, 2.45) is 5.73 Å². The standard InChI is InChI=1S/C16H14FNO/c17-15-6-5-12(16(18)19)9-14(15)13-7-10-3-1-2-4-11(10)8-13/h1-6,9,13H,7-8H2,(H2,18,19). The van der Waals surface area contributed by atoms with E-state index in [1.54, 1.807) is 6.07 Å². The molecular weight excluding hydrogens is 241 g/mol. The van der Waals surface area contributed by atoms with Crippen molar-refractivity contribution in [1.82, 2.24) is 0 Å². The Bertz CT molecular complexity index is 626. The van der Waals surface area contributed by atoms with Gasteiger partial charge in [0, 0.05) is 5.56 Å². The van der Waals surface area contributed by atoms with Gasteiger partial charge in [-0.3, -0.25) is 4.79 Å². The van der Waals surface area contributed by atoms with Gasteiger partial charge in [0.25, 0.3) is 0 Å². The molecule has 3 heteroatoms. The number of hydrogen-bond donors (Lipinski definition) is 1. The van der Waals surface area contributed by atoms with Gasteiger partial charge in [-0.25, -0.2) is 4.39 Å². The van der Waals surface area contributed by atoms with Crippen LogP contribution in [0.15, 0.2) is 42.5 Å². The lowest BCUT2D eigenvalue weighted by molar-refractivity contribution is 0.1000. The van der Waals surface area contributed by atoms with Crippen LogP contribution >= 0.6 is 0 Å². The van der Waals surface area contributed by atoms with Crippen LogP contribution in [-0.4, -0.2) is 5.91 Å². The van der Waals surface area contributed by atoms with Gasteiger partial charge in [-0.2, -0.15) is 0 Å². The van der Waals surface area contributed by atoms with E-state index < -0.39 is 5.91 Å². The molecule has 1 aliphatic rings. The molecule has 0 bridgehead atoms. The van der Waals surface area contributed by atoms with E-state index in [0.717, 1.165) is 12.8 Å². The van der Waals surface area contributed by atoms with E-state index in [9.17, 15) is 9.18 Å². The summed E-state index contributed by atoms with van der Waals surface area (Å²) in [4.78, 5) is 11.2. The first-order valence-electron chi connectivity index (χ1n) is 6.31. The maximum Gasteiger partial charge on any atom is 0.248 e. The average molecular weight is 255 g/mol. The van der Waals surface area contributed by atoms with Crippen molar-refractivity contribution in [3.63, 3.8) is 0 Å². The van der Waals surface area contributed by atoms with Crippen LogP contribution in [0.1, 0.15) is 33.0 Å². The van der Waals surface area contributed by atoms with Gasteiger partial charge in [-0.1, -0.05) is 24.3 Å². The summed E-state index contributed by atoms with van der Waals surface area (Å²) in [5.41, 5.74) is 8.73. The van der Waals surface area contributed by atoms with Gasteiger partial charge in [0.15, 0.2) is 0 Å². The van der Waals surface area contributed by atoms with Gasteiger partial charge in [-0.05, 0) is 53.6 Å². The number of amides is 1. The molecule has 3 rings (SSSR count). The van der Waals surface area contributed by atoms with Crippen LogP contribution in [0, 0.1) is 5.82 Å². The van der Waals surface area contributed by atoms with Gasteiger partial charge in [0.05, 0.1) is 0 Å². The highest BCUT2D eigenvalue weighted by atomic mass is 19.1. The molecule has 96 valence electrons. The van der Waals surface area contributed by atoms with Crippen LogP contribution in [0.5, 0.6) is 0 Å². The number of benzene rings is 2. The second-order valence-corrected chi connectivity index (χ2v) is 4.97. The number of fused-ring (bicyclic) bond motifs is 1. The van der Waals surface area contributed by atoms with Crippen molar-refractivity contribution in [1.29, 1.82) is 0 Å². The Kier molecular flexibility index (Phi) is 2.82. The fraction of sp³-hybridized carbons (Fsp3) is 0.188. The molecule has 0 fully saturated rings. The molecule has 1 aliphatic carbocycles. The molecule has 2 aromatic rings. The third kappa shape index (κ3) is 2.12. The number of halogens is 1. The van der Waals surface area contributed by atoms with Crippen molar-refractivity contribution < 1.29 is 9.18 Å². The molecule has 0 saturated heterocycles. The third-order valence-corrected chi connectivity index (χ3v) is 3.77. The predicted octanol–water partition coefficient (Wildman–Crippen LogP) is 2.81. The Labute approximate surface area is 111 Å². The maximum absolute atomic E-state index is 14.0. The lowest BCUT2D eigenvalue weighted by Crippen LogP contribution is -2.12. The van der Waals surface area contributed by atoms with E-state index in [4.69, 9.17) is 5.73 Å². The molecule has 0 saturated carbocycles. The highest BCUT2D eigenvalue weighted by molar-refractivity contribution is 5.92. The second kappa shape index (κ2) is 4.50. The minimum absolute atomic E-state index is 0.0942. The molecule has 0 atom stereocenters. The van der Waals surface area contributed by atoms with E-state index in [2.05, 4.69) is 12.1 Å². The van der Waals surface area contributed by atoms with E-state index in [1.165, 1.54) is 23.3 Å². The summed E-state index contributed by atoms with van der Waals surface area (Å²) in [6.45, 7) is 0. The van der Waals surface area contributed by atoms with Crippen molar-refractivity contribution in [3.8, 4) is 0 Å². The van der Waals surface area contributed by atoms with Crippen LogP contribution < -0.4 is 5.73 Å². The SMILES string of the molecule is NC(=O)c1ccc(F)c(C2Cc3ccccc3C2)c1. The van der Waals surface area contributed by atoms with Crippen molar-refractivity contribution in [2.45, 2.75) is 18.8 Å². The minimum atomic E-state index is -0.517. The highest BCUT2D eigenvalue weighted by Gasteiger charge is 2.25. The Balaban J connectivity index is 1.97. The number of carbonyl (C=O) groups excluding carboxylic acids is 1. The largest absolute Gasteiger partial charge is 0.366 e. The fourth-order valence-electron chi connectivity index (χ4n) is 2.79. The van der Waals surface area contributed by atoms with Crippen molar-refractivity contribution in [3.05, 3.63) is 70.5 Å². The van der Waals surface area contributed by atoms with Gasteiger partial charge in [0.1, 0.15) is 5.82 Å². The predicted molar refractivity (Wildman–Crippen MR) is 71.5 cm³/mol. The molecule has 2 N–H and O–H groups in total. The number of primary amides is 1. The normalized spacial score (nSPS) is 14.4. The fourth-order valence-corrected chi connectivity index (χ4v) is 2.79. The Morgan fingerprint density at radius 2 is 1.74 bits per heavy atom. The molecule has 2 aromatic carbocycles. The zero-order valence-electron chi connectivity index (χ0n) is 10.4. The summed E-state index contributed by atoms with van der Waals surface area (Å²) in [6, 6.07) is 12.5.